The van der Waals surface area contributed by atoms with Gasteiger partial charge >= 0.3 is 0 Å². The van der Waals surface area contributed by atoms with E-state index in [0.717, 1.165) is 0 Å². The first-order valence-corrected chi connectivity index (χ1v) is 5.83. The third-order valence-electron chi connectivity index (χ3n) is 1.45. The minimum atomic E-state index is -0.403. The van der Waals surface area contributed by atoms with Gasteiger partial charge in [-0.15, -0.1) is 23.2 Å². The summed E-state index contributed by atoms with van der Waals surface area (Å²) in [5, 5.41) is 0. The molecule has 0 heterocycles. The molecule has 0 N–H and O–H groups in total. The van der Waals surface area contributed by atoms with E-state index < -0.39 is 6.29 Å². The van der Waals surface area contributed by atoms with Crippen molar-refractivity contribution < 1.29 is 18.9 Å². The van der Waals surface area contributed by atoms with E-state index in [4.69, 9.17) is 42.1 Å². The zero-order valence-electron chi connectivity index (χ0n) is 8.92. The Kier molecular flexibility index (Phi) is 12.8. The monoisotopic (exact) mass is 260 g/mol. The van der Waals surface area contributed by atoms with Gasteiger partial charge in [0, 0.05) is 18.9 Å². The minimum absolute atomic E-state index is 0.358. The van der Waals surface area contributed by atoms with Crippen molar-refractivity contribution in [3.05, 3.63) is 0 Å². The van der Waals surface area contributed by atoms with Crippen molar-refractivity contribution in [2.24, 2.45) is 0 Å². The van der Waals surface area contributed by atoms with Crippen molar-refractivity contribution in [3.8, 4) is 0 Å². The molecule has 0 radical (unpaired) electrons. The van der Waals surface area contributed by atoms with Gasteiger partial charge in [-0.05, 0) is 0 Å². The molecule has 0 saturated carbocycles. The van der Waals surface area contributed by atoms with Gasteiger partial charge in [0.2, 0.25) is 0 Å². The second-order valence-electron chi connectivity index (χ2n) is 2.62. The summed E-state index contributed by atoms with van der Waals surface area (Å²) in [5.41, 5.74) is 0. The Morgan fingerprint density at radius 1 is 0.933 bits per heavy atom. The largest absolute Gasteiger partial charge is 0.382 e. The van der Waals surface area contributed by atoms with Crippen LogP contribution in [0.3, 0.4) is 0 Å². The summed E-state index contributed by atoms with van der Waals surface area (Å²) in [6.45, 7) is 2.29. The van der Waals surface area contributed by atoms with Crippen LogP contribution in [-0.2, 0) is 18.9 Å². The summed E-state index contributed by atoms with van der Waals surface area (Å²) in [4.78, 5) is 0. The van der Waals surface area contributed by atoms with E-state index in [9.17, 15) is 0 Å². The zero-order valence-corrected chi connectivity index (χ0v) is 10.4. The molecule has 0 aromatic rings. The van der Waals surface area contributed by atoms with Crippen molar-refractivity contribution in [1.82, 2.24) is 0 Å². The Balaban J connectivity index is 3.49. The molecule has 15 heavy (non-hydrogen) atoms. The molecular weight excluding hydrogens is 243 g/mol. The molecule has 4 nitrogen and oxygen atoms in total. The summed E-state index contributed by atoms with van der Waals surface area (Å²) >= 11 is 11.0. The van der Waals surface area contributed by atoms with Gasteiger partial charge in [-0.2, -0.15) is 0 Å². The molecule has 0 fully saturated rings. The highest BCUT2D eigenvalue weighted by Gasteiger charge is 2.08. The Labute approximate surface area is 101 Å². The predicted octanol–water partition coefficient (Wildman–Crippen LogP) is 1.49. The maximum atomic E-state index is 5.50. The molecule has 0 aliphatic heterocycles. The highest BCUT2D eigenvalue weighted by atomic mass is 35.5. The molecule has 0 aliphatic carbocycles. The molecule has 0 unspecified atom stereocenters. The van der Waals surface area contributed by atoms with Crippen LogP contribution in [0.4, 0.5) is 0 Å². The molecule has 0 amide bonds. The van der Waals surface area contributed by atoms with E-state index >= 15 is 0 Å². The van der Waals surface area contributed by atoms with Crippen LogP contribution in [0.15, 0.2) is 0 Å². The highest BCUT2D eigenvalue weighted by molar-refractivity contribution is 6.18. The summed E-state index contributed by atoms with van der Waals surface area (Å²) in [5.74, 6) is 0.859. The number of halogens is 2. The molecule has 0 bridgehead atoms. The summed E-state index contributed by atoms with van der Waals surface area (Å²) in [7, 11) is 1.62. The smallest absolute Gasteiger partial charge is 0.180 e. The van der Waals surface area contributed by atoms with E-state index in [1.54, 1.807) is 7.11 Å². The Morgan fingerprint density at radius 3 is 2.00 bits per heavy atom. The maximum Gasteiger partial charge on any atom is 0.180 e. The summed E-state index contributed by atoms with van der Waals surface area (Å²) in [6, 6.07) is 0. The van der Waals surface area contributed by atoms with Crippen LogP contribution >= 0.6 is 23.2 Å². The zero-order chi connectivity index (χ0) is 11.4. The maximum absolute atomic E-state index is 5.50. The number of alkyl halides is 2. The first kappa shape index (κ1) is 15.4. The highest BCUT2D eigenvalue weighted by Crippen LogP contribution is 1.98. The van der Waals surface area contributed by atoms with E-state index in [-0.39, 0.29) is 0 Å². The molecule has 0 aromatic heterocycles. The number of hydrogen-bond acceptors (Lipinski definition) is 4. The van der Waals surface area contributed by atoms with Crippen molar-refractivity contribution in [2.75, 3.05) is 51.9 Å². The first-order valence-electron chi connectivity index (χ1n) is 4.77. The Bertz CT molecular complexity index is 119. The van der Waals surface area contributed by atoms with Gasteiger partial charge in [0.15, 0.2) is 6.29 Å². The fourth-order valence-electron chi connectivity index (χ4n) is 0.818. The second-order valence-corrected chi connectivity index (χ2v) is 3.37. The van der Waals surface area contributed by atoms with Gasteiger partial charge in [-0.1, -0.05) is 0 Å². The van der Waals surface area contributed by atoms with Crippen LogP contribution in [-0.4, -0.2) is 58.2 Å². The molecule has 0 atom stereocenters. The summed E-state index contributed by atoms with van der Waals surface area (Å²) < 4.78 is 20.7. The van der Waals surface area contributed by atoms with Crippen LogP contribution in [0.2, 0.25) is 0 Å². The van der Waals surface area contributed by atoms with Crippen molar-refractivity contribution in [1.29, 1.82) is 0 Å². The van der Waals surface area contributed by atoms with Gasteiger partial charge in [-0.3, -0.25) is 0 Å². The van der Waals surface area contributed by atoms with Gasteiger partial charge in [-0.25, -0.2) is 0 Å². The van der Waals surface area contributed by atoms with Crippen LogP contribution in [0, 0.1) is 0 Å². The van der Waals surface area contributed by atoms with Crippen LogP contribution in [0.25, 0.3) is 0 Å². The van der Waals surface area contributed by atoms with Gasteiger partial charge in [0.05, 0.1) is 33.0 Å². The summed E-state index contributed by atoms with van der Waals surface area (Å²) in [6.07, 6.45) is -0.403. The van der Waals surface area contributed by atoms with Crippen LogP contribution < -0.4 is 0 Å². The number of methoxy groups -OCH3 is 1. The Morgan fingerprint density at radius 2 is 1.53 bits per heavy atom. The molecule has 0 rings (SSSR count). The fraction of sp³-hybridized carbons (Fsp3) is 1.00. The van der Waals surface area contributed by atoms with Crippen molar-refractivity contribution in [2.45, 2.75) is 6.29 Å². The van der Waals surface area contributed by atoms with Crippen molar-refractivity contribution in [3.63, 3.8) is 0 Å². The van der Waals surface area contributed by atoms with Crippen LogP contribution in [0.5, 0.6) is 0 Å². The first-order chi connectivity index (χ1) is 7.35. The number of rotatable bonds is 11. The van der Waals surface area contributed by atoms with Crippen molar-refractivity contribution >= 4 is 23.2 Å². The molecule has 0 saturated heterocycles. The molecular formula is C9H18Cl2O4. The third kappa shape index (κ3) is 10.7. The van der Waals surface area contributed by atoms with E-state index in [2.05, 4.69) is 0 Å². The predicted molar refractivity (Wildman–Crippen MR) is 59.8 cm³/mol. The lowest BCUT2D eigenvalue weighted by atomic mass is 10.6. The third-order valence-corrected chi connectivity index (χ3v) is 1.76. The standard InChI is InChI=1S/C9H18Cl2O4/c1-12-6-7-13-8-9(14-4-2-10)15-5-3-11/h9H,2-8H2,1H3. The lowest BCUT2D eigenvalue weighted by molar-refractivity contribution is -0.168. The molecule has 0 aromatic carbocycles. The van der Waals surface area contributed by atoms with Gasteiger partial charge < -0.3 is 18.9 Å². The minimum Gasteiger partial charge on any atom is -0.382 e. The lowest BCUT2D eigenvalue weighted by Crippen LogP contribution is -2.26. The topological polar surface area (TPSA) is 36.9 Å². The normalized spacial score (nSPS) is 11.2. The van der Waals surface area contributed by atoms with E-state index in [1.807, 2.05) is 0 Å². The average Bonchev–Trinajstić information content (AvgIpc) is 2.27. The van der Waals surface area contributed by atoms with E-state index in [1.165, 1.54) is 0 Å². The average molecular weight is 261 g/mol. The van der Waals surface area contributed by atoms with E-state index in [0.29, 0.717) is 44.8 Å². The second kappa shape index (κ2) is 12.5. The SMILES string of the molecule is COCCOCC(OCCCl)OCCCl. The number of hydrogen-bond donors (Lipinski definition) is 0. The molecule has 6 heteroatoms. The quantitative estimate of drug-likeness (QED) is 0.321. The molecule has 0 spiro atoms. The van der Waals surface area contributed by atoms with Crippen LogP contribution in [0.1, 0.15) is 0 Å². The number of ether oxygens (including phenoxy) is 4. The Hall–Kier alpha value is 0.420. The fourth-order valence-corrected chi connectivity index (χ4v) is 0.996. The molecule has 92 valence electrons. The van der Waals surface area contributed by atoms with Gasteiger partial charge in [0.1, 0.15) is 0 Å². The lowest BCUT2D eigenvalue weighted by Gasteiger charge is -2.17. The van der Waals surface area contributed by atoms with Gasteiger partial charge in [0.25, 0.3) is 0 Å². The molecule has 0 aliphatic rings.